The highest BCUT2D eigenvalue weighted by Gasteiger charge is 2.09. The molecule has 0 radical (unpaired) electrons. The molecule has 0 atom stereocenters. The maximum Gasteiger partial charge on any atom is 0.352 e. The van der Waals surface area contributed by atoms with Gasteiger partial charge in [0, 0.05) is 16.1 Å². The van der Waals surface area contributed by atoms with Crippen LogP contribution in [0, 0.1) is 3.57 Å². The number of hydrogen-bond donors (Lipinski definition) is 0. The van der Waals surface area contributed by atoms with E-state index < -0.39 is 5.97 Å². The highest BCUT2D eigenvalue weighted by atomic mass is 127. The van der Waals surface area contributed by atoms with Gasteiger partial charge in [0.25, 0.3) is 0 Å². The zero-order valence-electron chi connectivity index (χ0n) is 9.72. The zero-order valence-corrected chi connectivity index (χ0v) is 11.9. The molecule has 0 saturated carbocycles. The van der Waals surface area contributed by atoms with E-state index in [1.54, 1.807) is 0 Å². The molecule has 0 N–H and O–H groups in total. The Balaban J connectivity index is 2.37. The summed E-state index contributed by atoms with van der Waals surface area (Å²) >= 11 is 2.18. The molecular formula is C14H11IO3. The highest BCUT2D eigenvalue weighted by Crippen LogP contribution is 2.31. The smallest absolute Gasteiger partial charge is 0.286 e. The Labute approximate surface area is 119 Å². The predicted octanol–water partition coefficient (Wildman–Crippen LogP) is 3.82. The Kier molecular flexibility index (Phi) is 4.19. The lowest BCUT2D eigenvalue weighted by Crippen LogP contribution is -2.03. The van der Waals surface area contributed by atoms with Gasteiger partial charge in [0.15, 0.2) is 5.75 Å². The molecule has 2 aromatic carbocycles. The van der Waals surface area contributed by atoms with Gasteiger partial charge in [0.1, 0.15) is 0 Å². The Bertz CT molecular complexity index is 552. The van der Waals surface area contributed by atoms with Crippen molar-refractivity contribution in [3.8, 4) is 16.9 Å². The second kappa shape index (κ2) is 5.86. The summed E-state index contributed by atoms with van der Waals surface area (Å²) in [5.41, 5.74) is 1.90. The van der Waals surface area contributed by atoms with E-state index in [1.807, 2.05) is 48.5 Å². The topological polar surface area (TPSA) is 35.5 Å². The van der Waals surface area contributed by atoms with Crippen molar-refractivity contribution < 1.29 is 14.6 Å². The molecule has 0 aliphatic heterocycles. The molecule has 3 nitrogen and oxygen atoms in total. The standard InChI is InChI=1S/C14H11IO3/c1-10(16)17-18-14-9-12(15)7-8-13(14)11-5-3-2-4-6-11/h2-9H,1H3. The van der Waals surface area contributed by atoms with Gasteiger partial charge < -0.3 is 0 Å². The minimum absolute atomic E-state index is 0.479. The van der Waals surface area contributed by atoms with Crippen LogP contribution in [0.25, 0.3) is 11.1 Å². The molecule has 0 heterocycles. The van der Waals surface area contributed by atoms with Crippen LogP contribution >= 0.6 is 22.6 Å². The summed E-state index contributed by atoms with van der Waals surface area (Å²) < 4.78 is 1.01. The minimum atomic E-state index is -0.479. The van der Waals surface area contributed by atoms with Gasteiger partial charge in [-0.1, -0.05) is 30.3 Å². The van der Waals surface area contributed by atoms with Crippen molar-refractivity contribution in [1.29, 1.82) is 0 Å². The molecule has 18 heavy (non-hydrogen) atoms. The third-order valence-corrected chi connectivity index (χ3v) is 2.95. The molecular weight excluding hydrogens is 343 g/mol. The molecule has 0 bridgehead atoms. The van der Waals surface area contributed by atoms with E-state index in [1.165, 1.54) is 6.92 Å². The molecule has 92 valence electrons. The van der Waals surface area contributed by atoms with Crippen LogP contribution in [-0.4, -0.2) is 5.97 Å². The second-order valence-corrected chi connectivity index (χ2v) is 4.91. The predicted molar refractivity (Wildman–Crippen MR) is 77.0 cm³/mol. The maximum absolute atomic E-state index is 10.8. The van der Waals surface area contributed by atoms with Gasteiger partial charge in [0.2, 0.25) is 0 Å². The number of benzene rings is 2. The van der Waals surface area contributed by atoms with Gasteiger partial charge in [-0.15, -0.1) is 0 Å². The van der Waals surface area contributed by atoms with E-state index in [2.05, 4.69) is 27.5 Å². The lowest BCUT2D eigenvalue weighted by Gasteiger charge is -2.09. The summed E-state index contributed by atoms with van der Waals surface area (Å²) in [5.74, 6) is 0.0520. The lowest BCUT2D eigenvalue weighted by atomic mass is 10.1. The molecule has 4 heteroatoms. The van der Waals surface area contributed by atoms with E-state index in [9.17, 15) is 4.79 Å². The third kappa shape index (κ3) is 3.22. The van der Waals surface area contributed by atoms with Crippen LogP contribution in [-0.2, 0) is 9.68 Å². The Morgan fingerprint density at radius 1 is 1.11 bits per heavy atom. The number of carbonyl (C=O) groups is 1. The Morgan fingerprint density at radius 3 is 2.50 bits per heavy atom. The average molecular weight is 354 g/mol. The molecule has 0 unspecified atom stereocenters. The van der Waals surface area contributed by atoms with Crippen molar-refractivity contribution in [3.05, 3.63) is 52.1 Å². The number of carbonyl (C=O) groups excluding carboxylic acids is 1. The molecule has 2 rings (SSSR count). The molecule has 0 saturated heterocycles. The first kappa shape index (κ1) is 12.9. The van der Waals surface area contributed by atoms with Gasteiger partial charge in [-0.2, -0.15) is 0 Å². The van der Waals surface area contributed by atoms with Crippen LogP contribution in [0.5, 0.6) is 5.75 Å². The van der Waals surface area contributed by atoms with E-state index in [0.29, 0.717) is 5.75 Å². The van der Waals surface area contributed by atoms with Gasteiger partial charge >= 0.3 is 5.97 Å². The first-order chi connectivity index (χ1) is 8.66. The maximum atomic E-state index is 10.8. The molecule has 0 aromatic heterocycles. The van der Waals surface area contributed by atoms with Crippen molar-refractivity contribution >= 4 is 28.6 Å². The summed E-state index contributed by atoms with van der Waals surface area (Å²) in [7, 11) is 0. The summed E-state index contributed by atoms with van der Waals surface area (Å²) in [6, 6.07) is 15.5. The van der Waals surface area contributed by atoms with Crippen molar-refractivity contribution in [2.75, 3.05) is 0 Å². The number of halogens is 1. The minimum Gasteiger partial charge on any atom is -0.286 e. The van der Waals surface area contributed by atoms with Crippen molar-refractivity contribution in [2.45, 2.75) is 6.92 Å². The fourth-order valence-electron chi connectivity index (χ4n) is 1.52. The molecule has 0 amide bonds. The van der Waals surface area contributed by atoms with Crippen LogP contribution < -0.4 is 4.89 Å². The van der Waals surface area contributed by atoms with Crippen LogP contribution in [0.2, 0.25) is 0 Å². The van der Waals surface area contributed by atoms with Crippen molar-refractivity contribution in [1.82, 2.24) is 0 Å². The van der Waals surface area contributed by atoms with E-state index >= 15 is 0 Å². The van der Waals surface area contributed by atoms with Gasteiger partial charge in [-0.3, -0.25) is 9.78 Å². The van der Waals surface area contributed by atoms with Crippen molar-refractivity contribution in [2.24, 2.45) is 0 Å². The van der Waals surface area contributed by atoms with E-state index in [-0.39, 0.29) is 0 Å². The number of hydrogen-bond acceptors (Lipinski definition) is 3. The Morgan fingerprint density at radius 2 is 1.83 bits per heavy atom. The summed E-state index contributed by atoms with van der Waals surface area (Å²) in [4.78, 5) is 20.5. The van der Waals surface area contributed by atoms with Gasteiger partial charge in [-0.05, 0) is 46.4 Å². The molecule has 0 aliphatic rings. The summed E-state index contributed by atoms with van der Waals surface area (Å²) in [6.07, 6.45) is 0. The molecule has 0 spiro atoms. The zero-order chi connectivity index (χ0) is 13.0. The van der Waals surface area contributed by atoms with E-state index in [4.69, 9.17) is 4.89 Å². The van der Waals surface area contributed by atoms with Crippen LogP contribution in [0.3, 0.4) is 0 Å². The van der Waals surface area contributed by atoms with Crippen LogP contribution in [0.1, 0.15) is 6.92 Å². The molecule has 2 aromatic rings. The highest BCUT2D eigenvalue weighted by molar-refractivity contribution is 14.1. The fraction of sp³-hybridized carbons (Fsp3) is 0.0714. The first-order valence-electron chi connectivity index (χ1n) is 5.37. The third-order valence-electron chi connectivity index (χ3n) is 2.28. The van der Waals surface area contributed by atoms with Crippen LogP contribution in [0.15, 0.2) is 48.5 Å². The summed E-state index contributed by atoms with van der Waals surface area (Å²) in [6.45, 7) is 1.30. The average Bonchev–Trinajstić information content (AvgIpc) is 2.37. The summed E-state index contributed by atoms with van der Waals surface area (Å²) in [5, 5.41) is 0. The van der Waals surface area contributed by atoms with E-state index in [0.717, 1.165) is 14.7 Å². The van der Waals surface area contributed by atoms with Crippen LogP contribution in [0.4, 0.5) is 0 Å². The van der Waals surface area contributed by atoms with Gasteiger partial charge in [-0.25, -0.2) is 4.79 Å². The SMILES string of the molecule is CC(=O)OOc1cc(I)ccc1-c1ccccc1. The quantitative estimate of drug-likeness (QED) is 0.478. The lowest BCUT2D eigenvalue weighted by molar-refractivity contribution is -0.210. The normalized spacial score (nSPS) is 9.89. The molecule has 0 fully saturated rings. The monoisotopic (exact) mass is 354 g/mol. The first-order valence-corrected chi connectivity index (χ1v) is 6.45. The number of rotatable bonds is 3. The van der Waals surface area contributed by atoms with Gasteiger partial charge in [0.05, 0.1) is 0 Å². The largest absolute Gasteiger partial charge is 0.352 e. The fourth-order valence-corrected chi connectivity index (χ4v) is 1.99. The molecule has 0 aliphatic carbocycles. The van der Waals surface area contributed by atoms with Crippen molar-refractivity contribution in [3.63, 3.8) is 0 Å². The Hall–Kier alpha value is -1.56. The second-order valence-electron chi connectivity index (χ2n) is 3.66.